The van der Waals surface area contributed by atoms with Gasteiger partial charge in [0.05, 0.1) is 24.5 Å². The van der Waals surface area contributed by atoms with Gasteiger partial charge in [0.15, 0.2) is 0 Å². The van der Waals surface area contributed by atoms with Gasteiger partial charge in [0.25, 0.3) is 0 Å². The molecule has 2 bridgehead atoms. The number of nitrogens with zero attached hydrogens (tertiary/aromatic N) is 2. The van der Waals surface area contributed by atoms with Gasteiger partial charge in [-0.2, -0.15) is 0 Å². The quantitative estimate of drug-likeness (QED) is 0.508. The lowest BCUT2D eigenvalue weighted by molar-refractivity contribution is -0.142. The number of hydrogen-bond donors (Lipinski definition) is 2. The number of hydrogen-bond acceptors (Lipinski definition) is 6. The lowest BCUT2D eigenvalue weighted by Gasteiger charge is -2.34. The molecule has 204 valence electrons. The molecule has 0 unspecified atom stereocenters. The van der Waals surface area contributed by atoms with E-state index >= 15 is 0 Å². The second kappa shape index (κ2) is 10.4. The summed E-state index contributed by atoms with van der Waals surface area (Å²) in [6.07, 6.45) is 11.6. The monoisotopic (exact) mass is 530 g/mol. The molecule has 1 spiro atoms. The van der Waals surface area contributed by atoms with Crippen molar-refractivity contribution in [1.29, 1.82) is 0 Å². The lowest BCUT2D eigenvalue weighted by atomic mass is 9.74. The zero-order valence-corrected chi connectivity index (χ0v) is 22.0. The highest BCUT2D eigenvalue weighted by atomic mass is 16.5. The van der Waals surface area contributed by atoms with E-state index in [0.29, 0.717) is 18.0 Å². The van der Waals surface area contributed by atoms with E-state index in [2.05, 4.69) is 15.6 Å². The second-order valence-electron chi connectivity index (χ2n) is 10.8. The summed E-state index contributed by atoms with van der Waals surface area (Å²) in [6.45, 7) is 2.67. The number of anilines is 1. The third-order valence-corrected chi connectivity index (χ3v) is 8.39. The molecule has 9 heteroatoms. The average molecular weight is 531 g/mol. The maximum Gasteiger partial charge on any atom is 0.246 e. The zero-order valence-electron chi connectivity index (χ0n) is 22.0. The SMILES string of the molecule is CCOc1ccc(NC(=O)[C@H]2[C@@H]3C=C[C@]4(O3)[C@@H]2C(=O)N(Cc2cccnc2)[C@@H]4C(=O)NC2CCCCC2)cc1. The molecule has 1 aromatic heterocycles. The van der Waals surface area contributed by atoms with Crippen molar-refractivity contribution in [3.63, 3.8) is 0 Å². The normalized spacial score (nSPS) is 29.4. The van der Waals surface area contributed by atoms with Crippen molar-refractivity contribution in [2.24, 2.45) is 11.8 Å². The first-order valence-corrected chi connectivity index (χ1v) is 13.9. The number of carbonyl (C=O) groups is 3. The predicted octanol–water partition coefficient (Wildman–Crippen LogP) is 3.22. The fourth-order valence-electron chi connectivity index (χ4n) is 6.68. The van der Waals surface area contributed by atoms with Crippen LogP contribution in [0.1, 0.15) is 44.6 Å². The van der Waals surface area contributed by atoms with Crippen LogP contribution in [0.25, 0.3) is 0 Å². The number of pyridine rings is 1. The number of ether oxygens (including phenoxy) is 2. The smallest absolute Gasteiger partial charge is 0.246 e. The molecule has 6 rings (SSSR count). The van der Waals surface area contributed by atoms with Crippen LogP contribution < -0.4 is 15.4 Å². The molecule has 0 radical (unpaired) electrons. The summed E-state index contributed by atoms with van der Waals surface area (Å²) < 4.78 is 11.9. The van der Waals surface area contributed by atoms with Crippen molar-refractivity contribution >= 4 is 23.4 Å². The third-order valence-electron chi connectivity index (χ3n) is 8.39. The summed E-state index contributed by atoms with van der Waals surface area (Å²) >= 11 is 0. The minimum Gasteiger partial charge on any atom is -0.494 e. The molecule has 3 fully saturated rings. The highest BCUT2D eigenvalue weighted by Crippen LogP contribution is 2.55. The summed E-state index contributed by atoms with van der Waals surface area (Å²) in [5.74, 6) is -1.61. The summed E-state index contributed by atoms with van der Waals surface area (Å²) in [4.78, 5) is 47.4. The molecule has 4 aliphatic rings. The van der Waals surface area contributed by atoms with Gasteiger partial charge < -0.3 is 25.0 Å². The number of likely N-dealkylation sites (tertiary alicyclic amines) is 1. The van der Waals surface area contributed by atoms with Gasteiger partial charge in [-0.1, -0.05) is 37.5 Å². The Morgan fingerprint density at radius 1 is 1.13 bits per heavy atom. The predicted molar refractivity (Wildman–Crippen MR) is 144 cm³/mol. The van der Waals surface area contributed by atoms with Crippen LogP contribution in [0.2, 0.25) is 0 Å². The molecule has 5 atom stereocenters. The molecule has 9 nitrogen and oxygen atoms in total. The van der Waals surface area contributed by atoms with Gasteiger partial charge in [0.1, 0.15) is 17.4 Å². The number of fused-ring (bicyclic) bond motifs is 1. The van der Waals surface area contributed by atoms with E-state index < -0.39 is 29.6 Å². The Balaban J connectivity index is 1.28. The molecular weight excluding hydrogens is 496 g/mol. The highest BCUT2D eigenvalue weighted by Gasteiger charge is 2.72. The molecule has 4 heterocycles. The van der Waals surface area contributed by atoms with Gasteiger partial charge in [0.2, 0.25) is 17.7 Å². The number of aromatic nitrogens is 1. The minimum absolute atomic E-state index is 0.0818. The van der Waals surface area contributed by atoms with E-state index in [1.807, 2.05) is 25.1 Å². The number of carbonyl (C=O) groups excluding carboxylic acids is 3. The summed E-state index contributed by atoms with van der Waals surface area (Å²) in [5.41, 5.74) is 0.226. The van der Waals surface area contributed by atoms with E-state index in [1.54, 1.807) is 47.6 Å². The maximum atomic E-state index is 14.1. The van der Waals surface area contributed by atoms with Crippen LogP contribution in [0.5, 0.6) is 5.75 Å². The topological polar surface area (TPSA) is 110 Å². The fraction of sp³-hybridized carbons (Fsp3) is 0.467. The minimum atomic E-state index is -1.19. The number of benzene rings is 1. The molecular formula is C30H34N4O5. The Kier molecular flexibility index (Phi) is 6.85. The van der Waals surface area contributed by atoms with E-state index in [4.69, 9.17) is 9.47 Å². The first kappa shape index (κ1) is 25.6. The van der Waals surface area contributed by atoms with Gasteiger partial charge in [-0.25, -0.2) is 0 Å². The molecule has 1 saturated carbocycles. The molecule has 1 aliphatic carbocycles. The zero-order chi connectivity index (χ0) is 27.0. The van der Waals surface area contributed by atoms with Crippen molar-refractivity contribution < 1.29 is 23.9 Å². The van der Waals surface area contributed by atoms with Crippen LogP contribution in [0.15, 0.2) is 60.9 Å². The third kappa shape index (κ3) is 4.58. The molecule has 39 heavy (non-hydrogen) atoms. The molecule has 2 aromatic rings. The molecule has 3 amide bonds. The first-order chi connectivity index (χ1) is 19.0. The Morgan fingerprint density at radius 3 is 2.64 bits per heavy atom. The van der Waals surface area contributed by atoms with Gasteiger partial charge in [-0.15, -0.1) is 0 Å². The van der Waals surface area contributed by atoms with Crippen LogP contribution >= 0.6 is 0 Å². The standard InChI is InChI=1S/C30H34N4O5/c1-2-38-22-12-10-21(11-13-22)32-27(35)24-23-14-15-30(39-23)25(24)29(37)34(18-19-7-6-16-31-17-19)26(30)28(36)33-20-8-4-3-5-9-20/h6-7,10-17,20,23-26H,2-5,8-9,18H2,1H3,(H,32,35)(H,33,36)/t23-,24-,25-,26+,30-/m0/s1. The highest BCUT2D eigenvalue weighted by molar-refractivity contribution is 6.02. The van der Waals surface area contributed by atoms with E-state index in [0.717, 1.165) is 31.2 Å². The Bertz CT molecular complexity index is 1260. The Hall–Kier alpha value is -3.72. The van der Waals surface area contributed by atoms with Crippen LogP contribution in [0.3, 0.4) is 0 Å². The van der Waals surface area contributed by atoms with Crippen LogP contribution in [0.4, 0.5) is 5.69 Å². The molecule has 2 N–H and O–H groups in total. The van der Waals surface area contributed by atoms with Gasteiger partial charge in [-0.05, 0) is 55.7 Å². The van der Waals surface area contributed by atoms with E-state index in [1.165, 1.54) is 6.42 Å². The Labute approximate surface area is 228 Å². The van der Waals surface area contributed by atoms with Crippen molar-refractivity contribution in [3.05, 3.63) is 66.5 Å². The van der Waals surface area contributed by atoms with Gasteiger partial charge in [0, 0.05) is 30.7 Å². The average Bonchev–Trinajstić information content (AvgIpc) is 3.59. The van der Waals surface area contributed by atoms with Crippen LogP contribution in [-0.2, 0) is 25.7 Å². The number of nitrogens with one attached hydrogen (secondary N) is 2. The van der Waals surface area contributed by atoms with Crippen molar-refractivity contribution in [1.82, 2.24) is 15.2 Å². The van der Waals surface area contributed by atoms with Crippen LogP contribution in [0, 0.1) is 11.8 Å². The molecule has 1 aromatic carbocycles. The fourth-order valence-corrected chi connectivity index (χ4v) is 6.68. The largest absolute Gasteiger partial charge is 0.494 e. The molecule has 2 saturated heterocycles. The maximum absolute atomic E-state index is 14.1. The van der Waals surface area contributed by atoms with Crippen molar-refractivity contribution in [2.45, 2.75) is 69.4 Å². The van der Waals surface area contributed by atoms with Crippen molar-refractivity contribution in [2.75, 3.05) is 11.9 Å². The summed E-state index contributed by atoms with van der Waals surface area (Å²) in [5, 5.41) is 6.16. The number of amides is 3. The summed E-state index contributed by atoms with van der Waals surface area (Å²) in [6, 6.07) is 10.0. The van der Waals surface area contributed by atoms with Crippen LogP contribution in [-0.4, -0.2) is 58.0 Å². The summed E-state index contributed by atoms with van der Waals surface area (Å²) in [7, 11) is 0. The lowest BCUT2D eigenvalue weighted by Crippen LogP contribution is -2.56. The Morgan fingerprint density at radius 2 is 1.92 bits per heavy atom. The van der Waals surface area contributed by atoms with E-state index in [9.17, 15) is 14.4 Å². The molecule has 3 aliphatic heterocycles. The van der Waals surface area contributed by atoms with Gasteiger partial charge >= 0.3 is 0 Å². The first-order valence-electron chi connectivity index (χ1n) is 13.9. The number of rotatable bonds is 8. The van der Waals surface area contributed by atoms with Gasteiger partial charge in [-0.3, -0.25) is 19.4 Å². The second-order valence-corrected chi connectivity index (χ2v) is 10.8. The van der Waals surface area contributed by atoms with Crippen molar-refractivity contribution in [3.8, 4) is 5.75 Å². The van der Waals surface area contributed by atoms with E-state index in [-0.39, 0.29) is 30.3 Å².